The average Bonchev–Trinajstić information content (AvgIpc) is 2.38. The number of rotatable bonds is 3. The summed E-state index contributed by atoms with van der Waals surface area (Å²) in [5, 5.41) is 0. The molecule has 0 aliphatic carbocycles. The van der Waals surface area contributed by atoms with Crippen molar-refractivity contribution in [2.24, 2.45) is 5.41 Å². The lowest BCUT2D eigenvalue weighted by atomic mass is 9.88. The third kappa shape index (κ3) is 3.21. The molecule has 0 aromatic carbocycles. The molecule has 1 rings (SSSR count). The second kappa shape index (κ2) is 4.67. The lowest BCUT2D eigenvalue weighted by Gasteiger charge is -2.17. The number of carbonyl (C=O) groups excluding carboxylic acids is 1. The molecule has 17 heavy (non-hydrogen) atoms. The Morgan fingerprint density at radius 2 is 1.82 bits per heavy atom. The van der Waals surface area contributed by atoms with Crippen molar-refractivity contribution < 1.29 is 4.79 Å². The van der Waals surface area contributed by atoms with E-state index in [9.17, 15) is 4.79 Å². The summed E-state index contributed by atoms with van der Waals surface area (Å²) in [6, 6.07) is 2.44. The zero-order valence-electron chi connectivity index (χ0n) is 12.2. The molecule has 0 N–H and O–H groups in total. The van der Waals surface area contributed by atoms with Gasteiger partial charge < -0.3 is 4.57 Å². The average molecular weight is 235 g/mol. The number of carbonyl (C=O) groups is 1. The van der Waals surface area contributed by atoms with Crippen molar-refractivity contribution in [3.63, 3.8) is 0 Å². The molecule has 2 nitrogen and oxygen atoms in total. The van der Waals surface area contributed by atoms with Gasteiger partial charge in [0, 0.05) is 29.4 Å². The molecule has 1 aromatic rings. The number of aryl methyl sites for hydroxylation is 1. The molecule has 0 unspecified atom stereocenters. The van der Waals surface area contributed by atoms with Gasteiger partial charge in [0.1, 0.15) is 0 Å². The molecule has 0 saturated carbocycles. The van der Waals surface area contributed by atoms with Gasteiger partial charge in [-0.15, -0.1) is 0 Å². The molecule has 1 heterocycles. The van der Waals surface area contributed by atoms with E-state index >= 15 is 0 Å². The van der Waals surface area contributed by atoms with Gasteiger partial charge in [0.05, 0.1) is 0 Å². The first-order chi connectivity index (χ1) is 7.63. The summed E-state index contributed by atoms with van der Waals surface area (Å²) in [6.07, 6.45) is 0.607. The van der Waals surface area contributed by atoms with Crippen molar-refractivity contribution in [3.05, 3.63) is 23.0 Å². The Morgan fingerprint density at radius 1 is 1.29 bits per heavy atom. The lowest BCUT2D eigenvalue weighted by molar-refractivity contribution is 0.0939. The van der Waals surface area contributed by atoms with E-state index in [-0.39, 0.29) is 11.2 Å². The molecular formula is C15H25NO. The molecule has 0 spiro atoms. The van der Waals surface area contributed by atoms with Crippen molar-refractivity contribution in [2.45, 2.75) is 60.9 Å². The highest BCUT2D eigenvalue weighted by molar-refractivity contribution is 5.97. The third-order valence-electron chi connectivity index (χ3n) is 2.99. The van der Waals surface area contributed by atoms with E-state index in [1.165, 1.54) is 5.69 Å². The Morgan fingerprint density at radius 3 is 2.18 bits per heavy atom. The van der Waals surface area contributed by atoms with Crippen molar-refractivity contribution in [2.75, 3.05) is 0 Å². The van der Waals surface area contributed by atoms with Gasteiger partial charge in [0.2, 0.25) is 0 Å². The number of ketones is 1. The zero-order chi connectivity index (χ0) is 13.4. The van der Waals surface area contributed by atoms with Crippen LogP contribution in [0.15, 0.2) is 6.07 Å². The van der Waals surface area contributed by atoms with Crippen molar-refractivity contribution in [3.8, 4) is 0 Å². The number of aromatic nitrogens is 1. The van der Waals surface area contributed by atoms with Crippen molar-refractivity contribution in [1.29, 1.82) is 0 Å². The molecule has 1 aromatic heterocycles. The quantitative estimate of drug-likeness (QED) is 0.716. The summed E-state index contributed by atoms with van der Waals surface area (Å²) in [4.78, 5) is 12.3. The summed E-state index contributed by atoms with van der Waals surface area (Å²) in [5.74, 6) is 0.262. The maximum Gasteiger partial charge on any atom is 0.165 e. The first kappa shape index (κ1) is 14.0. The first-order valence-corrected chi connectivity index (χ1v) is 6.35. The van der Waals surface area contributed by atoms with Gasteiger partial charge in [0.15, 0.2) is 5.78 Å². The molecule has 0 radical (unpaired) electrons. The highest BCUT2D eigenvalue weighted by Gasteiger charge is 2.21. The SMILES string of the molecule is Cc1cc(C(=O)CC(C)(C)C)c(C)n1C(C)C. The lowest BCUT2D eigenvalue weighted by Crippen LogP contribution is -2.14. The largest absolute Gasteiger partial charge is 0.346 e. The van der Waals surface area contributed by atoms with Crippen LogP contribution < -0.4 is 0 Å². The van der Waals surface area contributed by atoms with Gasteiger partial charge in [0.25, 0.3) is 0 Å². The second-order valence-electron chi connectivity index (χ2n) is 6.41. The minimum atomic E-state index is 0.0529. The van der Waals surface area contributed by atoms with E-state index in [1.54, 1.807) is 0 Å². The maximum atomic E-state index is 12.3. The van der Waals surface area contributed by atoms with E-state index in [2.05, 4.69) is 46.1 Å². The highest BCUT2D eigenvalue weighted by atomic mass is 16.1. The van der Waals surface area contributed by atoms with Gasteiger partial charge in [-0.3, -0.25) is 4.79 Å². The number of hydrogen-bond donors (Lipinski definition) is 0. The van der Waals surface area contributed by atoms with Gasteiger partial charge >= 0.3 is 0 Å². The molecule has 0 aliphatic heterocycles. The number of nitrogens with zero attached hydrogens (tertiary/aromatic N) is 1. The van der Waals surface area contributed by atoms with E-state index < -0.39 is 0 Å². The van der Waals surface area contributed by atoms with Crippen LogP contribution in [0.3, 0.4) is 0 Å². The predicted octanol–water partition coefficient (Wildman–Crippen LogP) is 4.30. The van der Waals surface area contributed by atoms with Gasteiger partial charge in [-0.05, 0) is 39.2 Å². The van der Waals surface area contributed by atoms with Crippen LogP contribution in [0, 0.1) is 19.3 Å². The van der Waals surface area contributed by atoms with E-state index in [4.69, 9.17) is 0 Å². The zero-order valence-corrected chi connectivity index (χ0v) is 12.2. The van der Waals surface area contributed by atoms with Gasteiger partial charge in [-0.1, -0.05) is 20.8 Å². The van der Waals surface area contributed by atoms with Crippen molar-refractivity contribution >= 4 is 5.78 Å². The Bertz CT molecular complexity index is 419. The van der Waals surface area contributed by atoms with Crippen LogP contribution in [0.5, 0.6) is 0 Å². The third-order valence-corrected chi connectivity index (χ3v) is 2.99. The molecule has 0 amide bonds. The number of Topliss-reactive ketones (excluding diaryl/α,β-unsaturated/α-hetero) is 1. The van der Waals surface area contributed by atoms with E-state index in [1.807, 2.05) is 13.0 Å². The topological polar surface area (TPSA) is 22.0 Å². The van der Waals surface area contributed by atoms with Crippen LogP contribution in [-0.4, -0.2) is 10.4 Å². The number of hydrogen-bond acceptors (Lipinski definition) is 1. The normalized spacial score (nSPS) is 12.2. The van der Waals surface area contributed by atoms with Crippen LogP contribution in [0.25, 0.3) is 0 Å². The summed E-state index contributed by atoms with van der Waals surface area (Å²) >= 11 is 0. The monoisotopic (exact) mass is 235 g/mol. The molecule has 0 atom stereocenters. The molecule has 96 valence electrons. The fourth-order valence-corrected chi connectivity index (χ4v) is 2.43. The van der Waals surface area contributed by atoms with E-state index in [0.717, 1.165) is 11.3 Å². The molecule has 0 fully saturated rings. The maximum absolute atomic E-state index is 12.3. The molecule has 0 saturated heterocycles. The smallest absolute Gasteiger partial charge is 0.165 e. The predicted molar refractivity (Wildman–Crippen MR) is 72.7 cm³/mol. The summed E-state index contributed by atoms with van der Waals surface area (Å²) in [5.41, 5.74) is 3.23. The van der Waals surface area contributed by atoms with Crippen LogP contribution in [0.2, 0.25) is 0 Å². The molecule has 2 heteroatoms. The summed E-state index contributed by atoms with van der Waals surface area (Å²) in [7, 11) is 0. The molecular weight excluding hydrogens is 210 g/mol. The molecule has 0 aliphatic rings. The Hall–Kier alpha value is -1.05. The standard InChI is InChI=1S/C15H25NO/c1-10(2)16-11(3)8-13(12(16)4)14(17)9-15(5,6)7/h8,10H,9H2,1-7H3. The van der Waals surface area contributed by atoms with Crippen LogP contribution in [-0.2, 0) is 0 Å². The minimum absolute atomic E-state index is 0.0529. The first-order valence-electron chi connectivity index (χ1n) is 6.35. The van der Waals surface area contributed by atoms with Crippen molar-refractivity contribution in [1.82, 2.24) is 4.57 Å². The van der Waals surface area contributed by atoms with Crippen LogP contribution in [0.4, 0.5) is 0 Å². The highest BCUT2D eigenvalue weighted by Crippen LogP contribution is 2.26. The minimum Gasteiger partial charge on any atom is -0.346 e. The fourth-order valence-electron chi connectivity index (χ4n) is 2.43. The molecule has 0 bridgehead atoms. The fraction of sp³-hybridized carbons (Fsp3) is 0.667. The Kier molecular flexibility index (Phi) is 3.85. The summed E-state index contributed by atoms with van der Waals surface area (Å²) in [6.45, 7) is 14.7. The Labute approximate surface area is 105 Å². The van der Waals surface area contributed by atoms with E-state index in [0.29, 0.717) is 12.5 Å². The van der Waals surface area contributed by atoms with Crippen LogP contribution in [0.1, 0.15) is 68.8 Å². The van der Waals surface area contributed by atoms with Gasteiger partial charge in [-0.2, -0.15) is 0 Å². The summed E-state index contributed by atoms with van der Waals surface area (Å²) < 4.78 is 2.23. The second-order valence-corrected chi connectivity index (χ2v) is 6.41. The Balaban J connectivity index is 3.08. The van der Waals surface area contributed by atoms with Crippen LogP contribution >= 0.6 is 0 Å². The van der Waals surface area contributed by atoms with Gasteiger partial charge in [-0.25, -0.2) is 0 Å².